The summed E-state index contributed by atoms with van der Waals surface area (Å²) >= 11 is 0. The molecule has 0 aromatic carbocycles. The molecule has 0 aromatic heterocycles. The molecular formula is C51H94O10. The van der Waals surface area contributed by atoms with Gasteiger partial charge in [-0.1, -0.05) is 199 Å². The second kappa shape index (κ2) is 42.1. The van der Waals surface area contributed by atoms with Crippen molar-refractivity contribution in [2.75, 3.05) is 19.8 Å². The average molecular weight is 867 g/mol. The van der Waals surface area contributed by atoms with Crippen molar-refractivity contribution in [2.45, 2.75) is 269 Å². The zero-order valence-electron chi connectivity index (χ0n) is 39.2. The molecule has 1 aliphatic rings. The molecule has 358 valence electrons. The van der Waals surface area contributed by atoms with E-state index in [-0.39, 0.29) is 32.0 Å². The monoisotopic (exact) mass is 867 g/mol. The number of hydrogen-bond acceptors (Lipinski definition) is 10. The summed E-state index contributed by atoms with van der Waals surface area (Å²) in [7, 11) is 0. The summed E-state index contributed by atoms with van der Waals surface area (Å²) in [6, 6.07) is 0. The highest BCUT2D eigenvalue weighted by Crippen LogP contribution is 2.23. The topological polar surface area (TPSA) is 152 Å². The molecule has 1 rings (SSSR count). The lowest BCUT2D eigenvalue weighted by Crippen LogP contribution is -2.59. The van der Waals surface area contributed by atoms with Gasteiger partial charge in [0.25, 0.3) is 0 Å². The molecule has 0 bridgehead atoms. The maximum Gasteiger partial charge on any atom is 0.306 e. The van der Waals surface area contributed by atoms with Gasteiger partial charge in [0.2, 0.25) is 0 Å². The summed E-state index contributed by atoms with van der Waals surface area (Å²) in [5.41, 5.74) is 0. The van der Waals surface area contributed by atoms with Gasteiger partial charge in [-0.15, -0.1) is 0 Å². The molecule has 1 saturated heterocycles. The Morgan fingerprint density at radius 3 is 1.38 bits per heavy atom. The fourth-order valence-corrected chi connectivity index (χ4v) is 7.81. The number of allylic oxidation sites excluding steroid dienone is 4. The van der Waals surface area contributed by atoms with Gasteiger partial charge in [-0.05, 0) is 44.9 Å². The Kier molecular flexibility index (Phi) is 39.5. The quantitative estimate of drug-likeness (QED) is 0.0265. The first-order valence-electron chi connectivity index (χ1n) is 25.4. The van der Waals surface area contributed by atoms with E-state index in [1.54, 1.807) is 0 Å². The third-order valence-electron chi connectivity index (χ3n) is 11.8. The Morgan fingerprint density at radius 2 is 0.918 bits per heavy atom. The average Bonchev–Trinajstić information content (AvgIpc) is 3.26. The SMILES string of the molecule is CCCCCC/C=C\C/C=C\CCCCCCCC(=O)OC(COC(=O)CCCCCCCCCCCCCCCCCCCCCC)COC1OC(CO)C(O)C(O)C1O. The van der Waals surface area contributed by atoms with Crippen LogP contribution in [0, 0.1) is 0 Å². The Labute approximate surface area is 373 Å². The summed E-state index contributed by atoms with van der Waals surface area (Å²) in [4.78, 5) is 25.4. The van der Waals surface area contributed by atoms with Gasteiger partial charge in [-0.2, -0.15) is 0 Å². The third-order valence-corrected chi connectivity index (χ3v) is 11.8. The minimum Gasteiger partial charge on any atom is -0.462 e. The number of carbonyl (C=O) groups excluding carboxylic acids is 2. The van der Waals surface area contributed by atoms with Crippen molar-refractivity contribution in [3.05, 3.63) is 24.3 Å². The molecule has 6 atom stereocenters. The lowest BCUT2D eigenvalue weighted by molar-refractivity contribution is -0.305. The maximum atomic E-state index is 12.8. The van der Waals surface area contributed by atoms with Crippen LogP contribution >= 0.6 is 0 Å². The van der Waals surface area contributed by atoms with E-state index >= 15 is 0 Å². The minimum atomic E-state index is -1.60. The van der Waals surface area contributed by atoms with Crippen molar-refractivity contribution in [3.8, 4) is 0 Å². The molecule has 0 aliphatic carbocycles. The lowest BCUT2D eigenvalue weighted by atomic mass is 9.99. The van der Waals surface area contributed by atoms with Gasteiger partial charge in [0.15, 0.2) is 12.4 Å². The van der Waals surface area contributed by atoms with Crippen LogP contribution in [0.1, 0.15) is 232 Å². The lowest BCUT2D eigenvalue weighted by Gasteiger charge is -2.39. The Morgan fingerprint density at radius 1 is 0.508 bits per heavy atom. The molecular weight excluding hydrogens is 773 g/mol. The van der Waals surface area contributed by atoms with Crippen molar-refractivity contribution in [1.82, 2.24) is 0 Å². The first kappa shape index (κ1) is 57.2. The highest BCUT2D eigenvalue weighted by molar-refractivity contribution is 5.70. The predicted molar refractivity (Wildman–Crippen MR) is 247 cm³/mol. The smallest absolute Gasteiger partial charge is 0.306 e. The molecule has 10 heteroatoms. The van der Waals surface area contributed by atoms with Crippen molar-refractivity contribution in [1.29, 1.82) is 0 Å². The van der Waals surface area contributed by atoms with E-state index in [2.05, 4.69) is 38.2 Å². The van der Waals surface area contributed by atoms with E-state index in [1.807, 2.05) is 0 Å². The van der Waals surface area contributed by atoms with Crippen LogP contribution in [0.4, 0.5) is 0 Å². The number of rotatable bonds is 43. The van der Waals surface area contributed by atoms with Crippen LogP contribution in [0.5, 0.6) is 0 Å². The molecule has 0 spiro atoms. The number of esters is 2. The standard InChI is InChI=1S/C51H94O10/c1-3-5-7-9-11-13-15-17-19-21-22-23-24-26-27-29-31-33-35-37-39-46(53)58-42-44(43-59-51-50(57)49(56)48(55)45(41-52)61-51)60-47(54)40-38-36-34-32-30-28-25-20-18-16-14-12-10-8-6-4-2/h14,16,20,25,44-45,48-52,55-57H,3-13,15,17-19,21-24,26-43H2,1-2H3/b16-14-,25-20-. The molecule has 10 nitrogen and oxygen atoms in total. The number of ether oxygens (including phenoxy) is 4. The molecule has 1 fully saturated rings. The molecule has 0 aromatic rings. The Hall–Kier alpha value is -1.82. The number of carbonyl (C=O) groups is 2. The minimum absolute atomic E-state index is 0.217. The van der Waals surface area contributed by atoms with E-state index in [4.69, 9.17) is 18.9 Å². The summed E-state index contributed by atoms with van der Waals surface area (Å²) < 4.78 is 22.2. The number of hydrogen-bond donors (Lipinski definition) is 4. The van der Waals surface area contributed by atoms with E-state index in [1.165, 1.54) is 141 Å². The van der Waals surface area contributed by atoms with Crippen LogP contribution < -0.4 is 0 Å². The molecule has 61 heavy (non-hydrogen) atoms. The van der Waals surface area contributed by atoms with Crippen molar-refractivity contribution in [2.24, 2.45) is 0 Å². The van der Waals surface area contributed by atoms with Gasteiger partial charge in [0.05, 0.1) is 13.2 Å². The number of aliphatic hydroxyl groups is 4. The normalized spacial score (nSPS) is 19.9. The van der Waals surface area contributed by atoms with E-state index in [9.17, 15) is 30.0 Å². The molecule has 0 radical (unpaired) electrons. The van der Waals surface area contributed by atoms with Crippen LogP contribution in [0.25, 0.3) is 0 Å². The molecule has 0 saturated carbocycles. The predicted octanol–water partition coefficient (Wildman–Crippen LogP) is 11.7. The summed E-state index contributed by atoms with van der Waals surface area (Å²) in [6.07, 6.45) is 40.4. The summed E-state index contributed by atoms with van der Waals surface area (Å²) in [5.74, 6) is -0.811. The zero-order chi connectivity index (χ0) is 44.4. The first-order chi connectivity index (χ1) is 29.8. The van der Waals surface area contributed by atoms with Crippen LogP contribution in [0.15, 0.2) is 24.3 Å². The van der Waals surface area contributed by atoms with Gasteiger partial charge in [0, 0.05) is 12.8 Å². The number of unbranched alkanes of at least 4 members (excludes halogenated alkanes) is 28. The molecule has 4 N–H and O–H groups in total. The maximum absolute atomic E-state index is 12.8. The van der Waals surface area contributed by atoms with Gasteiger partial charge < -0.3 is 39.4 Å². The molecule has 0 amide bonds. The number of aliphatic hydroxyl groups excluding tert-OH is 4. The van der Waals surface area contributed by atoms with E-state index in [0.29, 0.717) is 6.42 Å². The Balaban J connectivity index is 2.26. The first-order valence-corrected chi connectivity index (χ1v) is 25.4. The van der Waals surface area contributed by atoms with Crippen molar-refractivity contribution < 1.29 is 49.0 Å². The van der Waals surface area contributed by atoms with Crippen LogP contribution in [-0.2, 0) is 28.5 Å². The van der Waals surface area contributed by atoms with Gasteiger partial charge in [-0.25, -0.2) is 0 Å². The van der Waals surface area contributed by atoms with Gasteiger partial charge >= 0.3 is 11.9 Å². The van der Waals surface area contributed by atoms with Crippen molar-refractivity contribution in [3.63, 3.8) is 0 Å². The van der Waals surface area contributed by atoms with Crippen molar-refractivity contribution >= 4 is 11.9 Å². The second-order valence-electron chi connectivity index (χ2n) is 17.6. The zero-order valence-corrected chi connectivity index (χ0v) is 39.2. The van der Waals surface area contributed by atoms with Gasteiger partial charge in [-0.3, -0.25) is 9.59 Å². The fourth-order valence-electron chi connectivity index (χ4n) is 7.81. The molecule has 1 heterocycles. The fraction of sp³-hybridized carbons (Fsp3) is 0.882. The highest BCUT2D eigenvalue weighted by Gasteiger charge is 2.44. The van der Waals surface area contributed by atoms with Crippen LogP contribution in [0.2, 0.25) is 0 Å². The van der Waals surface area contributed by atoms with E-state index in [0.717, 1.165) is 57.8 Å². The molecule has 1 aliphatic heterocycles. The summed E-state index contributed by atoms with van der Waals surface area (Å²) in [6.45, 7) is 3.43. The highest BCUT2D eigenvalue weighted by atomic mass is 16.7. The molecule has 6 unspecified atom stereocenters. The van der Waals surface area contributed by atoms with Crippen LogP contribution in [-0.4, -0.2) is 89.0 Å². The Bertz CT molecular complexity index is 1050. The largest absolute Gasteiger partial charge is 0.462 e. The second-order valence-corrected chi connectivity index (χ2v) is 17.6. The summed E-state index contributed by atoms with van der Waals surface area (Å²) in [5, 5.41) is 40.2. The van der Waals surface area contributed by atoms with Gasteiger partial charge in [0.1, 0.15) is 31.0 Å². The van der Waals surface area contributed by atoms with Crippen LogP contribution in [0.3, 0.4) is 0 Å². The third kappa shape index (κ3) is 33.4. The van der Waals surface area contributed by atoms with E-state index < -0.39 is 49.4 Å².